The van der Waals surface area contributed by atoms with Crippen molar-refractivity contribution in [3.63, 3.8) is 0 Å². The van der Waals surface area contributed by atoms with E-state index in [1.54, 1.807) is 36.4 Å². The van der Waals surface area contributed by atoms with Crippen LogP contribution in [0.25, 0.3) is 0 Å². The second kappa shape index (κ2) is 8.61. The number of alkyl halides is 2. The first-order valence-corrected chi connectivity index (χ1v) is 7.23. The van der Waals surface area contributed by atoms with Crippen molar-refractivity contribution in [2.75, 3.05) is 13.1 Å². The van der Waals surface area contributed by atoms with Gasteiger partial charge >= 0.3 is 6.61 Å². The van der Waals surface area contributed by atoms with E-state index in [9.17, 15) is 18.4 Å². The lowest BCUT2D eigenvalue weighted by molar-refractivity contribution is -0.0501. The van der Waals surface area contributed by atoms with Crippen LogP contribution in [-0.4, -0.2) is 31.5 Å². The van der Waals surface area contributed by atoms with Gasteiger partial charge in [-0.25, -0.2) is 0 Å². The molecule has 0 heterocycles. The van der Waals surface area contributed by atoms with Crippen LogP contribution in [0.15, 0.2) is 54.6 Å². The molecule has 0 atom stereocenters. The third-order valence-electron chi connectivity index (χ3n) is 3.08. The molecule has 0 saturated heterocycles. The van der Waals surface area contributed by atoms with E-state index in [1.807, 2.05) is 0 Å². The van der Waals surface area contributed by atoms with Gasteiger partial charge in [0.1, 0.15) is 5.75 Å². The fourth-order valence-electron chi connectivity index (χ4n) is 1.99. The van der Waals surface area contributed by atoms with Gasteiger partial charge in [-0.05, 0) is 24.3 Å². The molecule has 0 aromatic heterocycles. The lowest BCUT2D eigenvalue weighted by Gasteiger charge is -2.11. The fourth-order valence-corrected chi connectivity index (χ4v) is 1.99. The van der Waals surface area contributed by atoms with Gasteiger partial charge < -0.3 is 15.4 Å². The largest absolute Gasteiger partial charge is 0.434 e. The normalized spacial score (nSPS) is 10.3. The Morgan fingerprint density at radius 3 is 2.12 bits per heavy atom. The predicted octanol–water partition coefficient (Wildman–Crippen LogP) is 2.45. The molecule has 0 saturated carbocycles. The molecule has 2 amide bonds. The third-order valence-corrected chi connectivity index (χ3v) is 3.08. The minimum absolute atomic E-state index is 0.00665. The quantitative estimate of drug-likeness (QED) is 0.764. The van der Waals surface area contributed by atoms with Crippen LogP contribution in [0, 0.1) is 0 Å². The van der Waals surface area contributed by atoms with Gasteiger partial charge in [0.25, 0.3) is 11.8 Å². The highest BCUT2D eigenvalue weighted by molar-refractivity contribution is 5.97. The highest BCUT2D eigenvalue weighted by atomic mass is 19.3. The van der Waals surface area contributed by atoms with Crippen molar-refractivity contribution in [2.45, 2.75) is 6.61 Å². The van der Waals surface area contributed by atoms with Gasteiger partial charge in [-0.1, -0.05) is 30.3 Å². The standard InChI is InChI=1S/C17H16F2N2O3/c18-17(19)24-14-9-5-4-8-13(14)16(23)21-11-10-20-15(22)12-6-2-1-3-7-12/h1-9,17H,10-11H2,(H,20,22)(H,21,23). The van der Waals surface area contributed by atoms with E-state index in [0.29, 0.717) is 5.56 Å². The van der Waals surface area contributed by atoms with Crippen LogP contribution in [0.2, 0.25) is 0 Å². The molecule has 0 fully saturated rings. The van der Waals surface area contributed by atoms with E-state index in [2.05, 4.69) is 15.4 Å². The van der Waals surface area contributed by atoms with Crippen LogP contribution in [0.1, 0.15) is 20.7 Å². The molecule has 2 aromatic carbocycles. The van der Waals surface area contributed by atoms with E-state index in [-0.39, 0.29) is 30.3 Å². The first-order chi connectivity index (χ1) is 11.6. The zero-order chi connectivity index (χ0) is 17.4. The molecule has 0 bridgehead atoms. The molecule has 0 aliphatic heterocycles. The molecule has 2 rings (SSSR count). The van der Waals surface area contributed by atoms with Crippen LogP contribution < -0.4 is 15.4 Å². The number of hydrogen-bond acceptors (Lipinski definition) is 3. The molecule has 0 unspecified atom stereocenters. The van der Waals surface area contributed by atoms with E-state index in [4.69, 9.17) is 0 Å². The summed E-state index contributed by atoms with van der Waals surface area (Å²) in [4.78, 5) is 23.8. The van der Waals surface area contributed by atoms with Gasteiger partial charge in [-0.3, -0.25) is 9.59 Å². The Kier molecular flexibility index (Phi) is 6.24. The Balaban J connectivity index is 1.83. The van der Waals surface area contributed by atoms with Crippen molar-refractivity contribution >= 4 is 11.8 Å². The Labute approximate surface area is 137 Å². The van der Waals surface area contributed by atoms with Crippen molar-refractivity contribution in [2.24, 2.45) is 0 Å². The number of para-hydroxylation sites is 1. The maximum Gasteiger partial charge on any atom is 0.387 e. The van der Waals surface area contributed by atoms with Crippen molar-refractivity contribution in [1.29, 1.82) is 0 Å². The number of hydrogen-bond donors (Lipinski definition) is 2. The van der Waals surface area contributed by atoms with E-state index >= 15 is 0 Å². The number of carbonyl (C=O) groups is 2. The van der Waals surface area contributed by atoms with Gasteiger partial charge in [-0.15, -0.1) is 0 Å². The molecule has 126 valence electrons. The number of ether oxygens (including phenoxy) is 1. The number of halogens is 2. The highest BCUT2D eigenvalue weighted by Gasteiger charge is 2.14. The molecule has 24 heavy (non-hydrogen) atoms. The van der Waals surface area contributed by atoms with Gasteiger partial charge in [0.05, 0.1) is 5.56 Å². The first kappa shape index (κ1) is 17.4. The van der Waals surface area contributed by atoms with Crippen molar-refractivity contribution < 1.29 is 23.1 Å². The van der Waals surface area contributed by atoms with Gasteiger partial charge in [0, 0.05) is 18.7 Å². The SMILES string of the molecule is O=C(NCCNC(=O)c1ccccc1OC(F)F)c1ccccc1. The highest BCUT2D eigenvalue weighted by Crippen LogP contribution is 2.19. The summed E-state index contributed by atoms with van der Waals surface area (Å²) in [6, 6.07) is 14.4. The van der Waals surface area contributed by atoms with Crippen LogP contribution in [0.5, 0.6) is 5.75 Å². The minimum atomic E-state index is -3.01. The van der Waals surface area contributed by atoms with E-state index in [0.717, 1.165) is 0 Å². The number of amides is 2. The summed E-state index contributed by atoms with van der Waals surface area (Å²) in [5.74, 6) is -1.01. The second-order valence-electron chi connectivity index (χ2n) is 4.75. The van der Waals surface area contributed by atoms with Crippen LogP contribution in [-0.2, 0) is 0 Å². The van der Waals surface area contributed by atoms with Gasteiger partial charge in [-0.2, -0.15) is 8.78 Å². The molecular formula is C17H16F2N2O3. The number of rotatable bonds is 7. The molecule has 0 spiro atoms. The number of nitrogens with one attached hydrogen (secondary N) is 2. The number of benzene rings is 2. The monoisotopic (exact) mass is 334 g/mol. The zero-order valence-corrected chi connectivity index (χ0v) is 12.7. The summed E-state index contributed by atoms with van der Waals surface area (Å²) in [5.41, 5.74) is 0.520. The van der Waals surface area contributed by atoms with Crippen molar-refractivity contribution in [3.8, 4) is 5.75 Å². The molecule has 0 aliphatic rings. The Morgan fingerprint density at radius 2 is 1.46 bits per heavy atom. The molecular weight excluding hydrogens is 318 g/mol. The smallest absolute Gasteiger partial charge is 0.387 e. The average molecular weight is 334 g/mol. The van der Waals surface area contributed by atoms with Crippen LogP contribution >= 0.6 is 0 Å². The van der Waals surface area contributed by atoms with Crippen LogP contribution in [0.4, 0.5) is 8.78 Å². The minimum Gasteiger partial charge on any atom is -0.434 e. The fraction of sp³-hybridized carbons (Fsp3) is 0.176. The molecule has 5 nitrogen and oxygen atoms in total. The average Bonchev–Trinajstić information content (AvgIpc) is 2.59. The first-order valence-electron chi connectivity index (χ1n) is 7.23. The Morgan fingerprint density at radius 1 is 0.875 bits per heavy atom. The topological polar surface area (TPSA) is 67.4 Å². The molecule has 0 aliphatic carbocycles. The third kappa shape index (κ3) is 5.05. The summed E-state index contributed by atoms with van der Waals surface area (Å²) in [5, 5.41) is 5.19. The zero-order valence-electron chi connectivity index (χ0n) is 12.7. The van der Waals surface area contributed by atoms with E-state index < -0.39 is 12.5 Å². The predicted molar refractivity (Wildman–Crippen MR) is 84.2 cm³/mol. The summed E-state index contributed by atoms with van der Waals surface area (Å²) in [6.07, 6.45) is 0. The summed E-state index contributed by atoms with van der Waals surface area (Å²) >= 11 is 0. The van der Waals surface area contributed by atoms with Gasteiger partial charge in [0.15, 0.2) is 0 Å². The summed E-state index contributed by atoms with van der Waals surface area (Å²) in [7, 11) is 0. The summed E-state index contributed by atoms with van der Waals surface area (Å²) in [6.45, 7) is -2.65. The number of carbonyl (C=O) groups excluding carboxylic acids is 2. The maximum atomic E-state index is 12.3. The molecule has 7 heteroatoms. The maximum absolute atomic E-state index is 12.3. The Bertz CT molecular complexity index is 693. The molecule has 2 N–H and O–H groups in total. The Hall–Kier alpha value is -2.96. The molecule has 2 aromatic rings. The summed E-state index contributed by atoms with van der Waals surface area (Å²) < 4.78 is 28.9. The lowest BCUT2D eigenvalue weighted by atomic mass is 10.2. The second-order valence-corrected chi connectivity index (χ2v) is 4.75. The van der Waals surface area contributed by atoms with Crippen LogP contribution in [0.3, 0.4) is 0 Å². The van der Waals surface area contributed by atoms with Crippen molar-refractivity contribution in [3.05, 3.63) is 65.7 Å². The lowest BCUT2D eigenvalue weighted by Crippen LogP contribution is -2.34. The van der Waals surface area contributed by atoms with E-state index in [1.165, 1.54) is 18.2 Å². The molecule has 0 radical (unpaired) electrons. The van der Waals surface area contributed by atoms with Crippen molar-refractivity contribution in [1.82, 2.24) is 10.6 Å². The van der Waals surface area contributed by atoms with Gasteiger partial charge in [0.2, 0.25) is 0 Å².